The van der Waals surface area contributed by atoms with Crippen LogP contribution in [0.2, 0.25) is 0 Å². The molecule has 0 aliphatic heterocycles. The lowest BCUT2D eigenvalue weighted by molar-refractivity contribution is -0.114. The molecule has 108 valence electrons. The van der Waals surface area contributed by atoms with Gasteiger partial charge < -0.3 is 9.59 Å². The molecule has 0 aliphatic rings. The van der Waals surface area contributed by atoms with E-state index in [0.29, 0.717) is 0 Å². The summed E-state index contributed by atoms with van der Waals surface area (Å²) in [5.41, 5.74) is 0. The second-order valence-electron chi connectivity index (χ2n) is 4.82. The molecular formula is C16H14F2O2Si. The quantitative estimate of drug-likeness (QED) is 0.807. The van der Waals surface area contributed by atoms with Crippen molar-refractivity contribution in [3.05, 3.63) is 60.2 Å². The van der Waals surface area contributed by atoms with E-state index in [-0.39, 0.29) is 10.4 Å². The van der Waals surface area contributed by atoms with Crippen molar-refractivity contribution in [2.45, 2.75) is 13.8 Å². The molecule has 2 rings (SSSR count). The van der Waals surface area contributed by atoms with E-state index < -0.39 is 30.5 Å². The molecule has 0 aliphatic carbocycles. The number of rotatable bonds is 4. The Morgan fingerprint density at radius 2 is 1.10 bits per heavy atom. The van der Waals surface area contributed by atoms with Crippen molar-refractivity contribution in [1.82, 2.24) is 0 Å². The van der Waals surface area contributed by atoms with Gasteiger partial charge in [-0.05, 0) is 36.4 Å². The van der Waals surface area contributed by atoms with Crippen molar-refractivity contribution >= 4 is 29.3 Å². The summed E-state index contributed by atoms with van der Waals surface area (Å²) < 4.78 is 28.5. The molecule has 0 atom stereocenters. The molecule has 0 amide bonds. The zero-order valence-corrected chi connectivity index (χ0v) is 12.7. The predicted molar refractivity (Wildman–Crippen MR) is 79.2 cm³/mol. The molecule has 0 heterocycles. The molecule has 0 bridgehead atoms. The van der Waals surface area contributed by atoms with Gasteiger partial charge in [0.2, 0.25) is 0 Å². The van der Waals surface area contributed by atoms with Crippen molar-refractivity contribution in [1.29, 1.82) is 0 Å². The molecule has 21 heavy (non-hydrogen) atoms. The van der Waals surface area contributed by atoms with Gasteiger partial charge in [0.15, 0.2) is 0 Å². The van der Waals surface area contributed by atoms with E-state index in [1.807, 2.05) is 0 Å². The normalized spacial score (nSPS) is 11.2. The maximum Gasteiger partial charge on any atom is 0.271 e. The van der Waals surface area contributed by atoms with Crippen LogP contribution in [0.4, 0.5) is 8.78 Å². The van der Waals surface area contributed by atoms with Crippen LogP contribution in [0.5, 0.6) is 0 Å². The first-order valence-electron chi connectivity index (χ1n) is 6.44. The van der Waals surface area contributed by atoms with Gasteiger partial charge in [-0.3, -0.25) is 0 Å². The Labute approximate surface area is 122 Å². The zero-order valence-electron chi connectivity index (χ0n) is 11.7. The van der Waals surface area contributed by atoms with E-state index in [1.54, 1.807) is 12.1 Å². The summed E-state index contributed by atoms with van der Waals surface area (Å²) in [5, 5.41) is -0.944. The first-order valence-corrected chi connectivity index (χ1v) is 8.44. The lowest BCUT2D eigenvalue weighted by Crippen LogP contribution is -2.70. The second kappa shape index (κ2) is 5.69. The molecule has 0 radical (unpaired) electrons. The highest BCUT2D eigenvalue weighted by Crippen LogP contribution is 2.13. The fraction of sp³-hybridized carbons (Fsp3) is 0.125. The zero-order chi connectivity index (χ0) is 15.6. The Hall–Kier alpha value is -2.14. The molecule has 0 fully saturated rings. The second-order valence-corrected chi connectivity index (χ2v) is 8.81. The lowest BCUT2D eigenvalue weighted by Gasteiger charge is -2.27. The van der Waals surface area contributed by atoms with Crippen molar-refractivity contribution in [3.63, 3.8) is 0 Å². The molecule has 2 nitrogen and oxygen atoms in total. The van der Waals surface area contributed by atoms with Crippen LogP contribution < -0.4 is 10.4 Å². The number of hydrogen-bond acceptors (Lipinski definition) is 2. The van der Waals surface area contributed by atoms with E-state index in [0.717, 1.165) is 0 Å². The van der Waals surface area contributed by atoms with E-state index in [4.69, 9.17) is 0 Å². The number of halogens is 2. The molecular weight excluding hydrogens is 290 g/mol. The summed E-state index contributed by atoms with van der Waals surface area (Å²) >= 11 is 0. The van der Waals surface area contributed by atoms with Crippen LogP contribution in [0.1, 0.15) is 13.8 Å². The lowest BCUT2D eigenvalue weighted by atomic mass is 10.3. The highest BCUT2D eigenvalue weighted by molar-refractivity contribution is 7.38. The predicted octanol–water partition coefficient (Wildman–Crippen LogP) is 1.78. The summed E-state index contributed by atoms with van der Waals surface area (Å²) in [6.45, 7) is 2.46. The first kappa shape index (κ1) is 15.2. The molecule has 2 aromatic carbocycles. The van der Waals surface area contributed by atoms with Gasteiger partial charge in [0, 0.05) is 0 Å². The van der Waals surface area contributed by atoms with Crippen molar-refractivity contribution in [3.8, 4) is 0 Å². The first-order chi connectivity index (χ1) is 9.92. The summed E-state index contributed by atoms with van der Waals surface area (Å²) in [4.78, 5) is 24.6. The standard InChI is InChI=1S/C16H14F2O2Si/c1-11(19)21(12(2)20,15-9-5-3-7-13(15)17)16-10-6-4-8-14(16)18/h3-10H,1-2H3. The van der Waals surface area contributed by atoms with Crippen LogP contribution in [0.25, 0.3) is 0 Å². The van der Waals surface area contributed by atoms with Crippen LogP contribution in [0, 0.1) is 11.6 Å². The minimum absolute atomic E-state index is 0.00935. The Morgan fingerprint density at radius 1 is 0.762 bits per heavy atom. The fourth-order valence-electron chi connectivity index (χ4n) is 2.68. The average Bonchev–Trinajstić information content (AvgIpc) is 2.42. The minimum atomic E-state index is -3.82. The SMILES string of the molecule is CC(=O)[Si](C(C)=O)(c1ccccc1F)c1ccccc1F. The van der Waals surface area contributed by atoms with Gasteiger partial charge in [-0.2, -0.15) is 0 Å². The van der Waals surface area contributed by atoms with Gasteiger partial charge in [0.25, 0.3) is 8.07 Å². The van der Waals surface area contributed by atoms with Crippen LogP contribution in [0.15, 0.2) is 48.5 Å². The third-order valence-corrected chi connectivity index (χ3v) is 8.15. The molecule has 0 N–H and O–H groups in total. The van der Waals surface area contributed by atoms with Crippen molar-refractivity contribution in [2.24, 2.45) is 0 Å². The molecule has 0 saturated carbocycles. The minimum Gasteiger partial charge on any atom is -0.304 e. The monoisotopic (exact) mass is 304 g/mol. The largest absolute Gasteiger partial charge is 0.304 e. The van der Waals surface area contributed by atoms with Gasteiger partial charge >= 0.3 is 0 Å². The Bertz CT molecular complexity index is 651. The van der Waals surface area contributed by atoms with E-state index in [9.17, 15) is 18.4 Å². The molecule has 0 unspecified atom stereocenters. The van der Waals surface area contributed by atoms with E-state index in [2.05, 4.69) is 0 Å². The van der Waals surface area contributed by atoms with Crippen molar-refractivity contribution in [2.75, 3.05) is 0 Å². The molecule has 0 aromatic heterocycles. The molecule has 0 spiro atoms. The molecule has 0 saturated heterocycles. The summed E-state index contributed by atoms with van der Waals surface area (Å²) in [6.07, 6.45) is 0. The summed E-state index contributed by atoms with van der Waals surface area (Å²) in [6, 6.07) is 11.2. The maximum absolute atomic E-state index is 14.2. The Balaban J connectivity index is 2.91. The van der Waals surface area contributed by atoms with Gasteiger partial charge in [-0.25, -0.2) is 8.78 Å². The average molecular weight is 304 g/mol. The van der Waals surface area contributed by atoms with Gasteiger partial charge in [0.1, 0.15) is 22.4 Å². The number of carbonyl (C=O) groups excluding carboxylic acids is 2. The van der Waals surface area contributed by atoms with Crippen LogP contribution >= 0.6 is 0 Å². The highest BCUT2D eigenvalue weighted by atomic mass is 28.3. The summed E-state index contributed by atoms with van der Waals surface area (Å²) in [5.74, 6) is -1.31. The Morgan fingerprint density at radius 3 is 1.38 bits per heavy atom. The van der Waals surface area contributed by atoms with Crippen LogP contribution in [-0.2, 0) is 9.59 Å². The summed E-state index contributed by atoms with van der Waals surface area (Å²) in [7, 11) is -3.82. The highest BCUT2D eigenvalue weighted by Gasteiger charge is 2.51. The van der Waals surface area contributed by atoms with E-state index >= 15 is 0 Å². The molecule has 2 aromatic rings. The smallest absolute Gasteiger partial charge is 0.271 e. The molecule has 5 heteroatoms. The topological polar surface area (TPSA) is 34.1 Å². The van der Waals surface area contributed by atoms with Gasteiger partial charge in [-0.15, -0.1) is 0 Å². The Kier molecular flexibility index (Phi) is 4.13. The van der Waals surface area contributed by atoms with Crippen LogP contribution in [0.3, 0.4) is 0 Å². The third-order valence-electron chi connectivity index (χ3n) is 3.61. The van der Waals surface area contributed by atoms with Crippen molar-refractivity contribution < 1.29 is 18.4 Å². The van der Waals surface area contributed by atoms with Gasteiger partial charge in [0.05, 0.1) is 0 Å². The van der Waals surface area contributed by atoms with E-state index in [1.165, 1.54) is 50.2 Å². The number of benzene rings is 2. The number of hydrogen-bond donors (Lipinski definition) is 0. The van der Waals surface area contributed by atoms with Gasteiger partial charge in [-0.1, -0.05) is 36.4 Å². The third kappa shape index (κ3) is 2.33. The fourth-order valence-corrected chi connectivity index (χ4v) is 6.56. The van der Waals surface area contributed by atoms with Crippen LogP contribution in [-0.4, -0.2) is 18.9 Å². The maximum atomic E-state index is 14.2. The number of carbonyl (C=O) groups is 2.